The van der Waals surface area contributed by atoms with Crippen molar-refractivity contribution in [1.29, 1.82) is 0 Å². The average Bonchev–Trinajstić information content (AvgIpc) is 3.17. The van der Waals surface area contributed by atoms with E-state index < -0.39 is 23.3 Å². The summed E-state index contributed by atoms with van der Waals surface area (Å²) in [5.41, 5.74) is -0.378. The number of esters is 1. The van der Waals surface area contributed by atoms with Gasteiger partial charge in [0.05, 0.1) is 18.5 Å². The van der Waals surface area contributed by atoms with Gasteiger partial charge in [0.2, 0.25) is 0 Å². The number of nitrogens with one attached hydrogen (secondary N) is 1. The van der Waals surface area contributed by atoms with Crippen LogP contribution in [0.3, 0.4) is 0 Å². The van der Waals surface area contributed by atoms with Gasteiger partial charge in [0, 0.05) is 5.39 Å². The van der Waals surface area contributed by atoms with Crippen LogP contribution in [0.2, 0.25) is 0 Å². The molecule has 4 rings (SSSR count). The van der Waals surface area contributed by atoms with Crippen LogP contribution in [0.15, 0.2) is 70.0 Å². The van der Waals surface area contributed by atoms with Crippen molar-refractivity contribution in [3.8, 4) is 5.69 Å². The minimum Gasteiger partial charge on any atom is -0.462 e. The van der Waals surface area contributed by atoms with E-state index in [1.807, 2.05) is 0 Å². The monoisotopic (exact) mass is 421 g/mol. The molecule has 0 bridgehead atoms. The third-order valence-corrected chi connectivity index (χ3v) is 4.45. The number of hydrogen-bond donors (Lipinski definition) is 1. The second-order valence-electron chi connectivity index (χ2n) is 6.46. The second kappa shape index (κ2) is 8.23. The van der Waals surface area contributed by atoms with Gasteiger partial charge in [-0.05, 0) is 43.3 Å². The maximum absolute atomic E-state index is 13.3. The van der Waals surface area contributed by atoms with Crippen LogP contribution in [0.25, 0.3) is 16.7 Å². The fraction of sp³-hybridized carbons (Fsp3) is 0.0909. The molecule has 9 heteroatoms. The van der Waals surface area contributed by atoms with E-state index in [1.165, 1.54) is 41.2 Å². The summed E-state index contributed by atoms with van der Waals surface area (Å²) < 4.78 is 24.8. The summed E-state index contributed by atoms with van der Waals surface area (Å²) in [7, 11) is 0. The molecule has 0 aliphatic carbocycles. The van der Waals surface area contributed by atoms with Crippen molar-refractivity contribution in [1.82, 2.24) is 9.78 Å². The van der Waals surface area contributed by atoms with Gasteiger partial charge in [0.1, 0.15) is 22.5 Å². The lowest BCUT2D eigenvalue weighted by Gasteiger charge is -2.11. The lowest BCUT2D eigenvalue weighted by Crippen LogP contribution is -2.23. The largest absolute Gasteiger partial charge is 0.462 e. The van der Waals surface area contributed by atoms with Gasteiger partial charge in [-0.3, -0.25) is 4.79 Å². The average molecular weight is 421 g/mol. The number of benzene rings is 2. The molecule has 31 heavy (non-hydrogen) atoms. The zero-order valence-electron chi connectivity index (χ0n) is 16.3. The van der Waals surface area contributed by atoms with E-state index in [9.17, 15) is 18.8 Å². The number of nitrogens with zero attached hydrogens (tertiary/aromatic N) is 2. The van der Waals surface area contributed by atoms with E-state index in [2.05, 4.69) is 10.4 Å². The van der Waals surface area contributed by atoms with Crippen molar-refractivity contribution in [2.75, 3.05) is 11.9 Å². The summed E-state index contributed by atoms with van der Waals surface area (Å²) in [6.07, 6.45) is 1.22. The number of fused-ring (bicyclic) bond motifs is 1. The number of carbonyl (C=O) groups is 2. The van der Waals surface area contributed by atoms with Crippen LogP contribution in [0.5, 0.6) is 0 Å². The summed E-state index contributed by atoms with van der Waals surface area (Å²) >= 11 is 0. The number of anilines is 1. The van der Waals surface area contributed by atoms with E-state index in [4.69, 9.17) is 9.15 Å². The fourth-order valence-electron chi connectivity index (χ4n) is 3.00. The van der Waals surface area contributed by atoms with E-state index in [-0.39, 0.29) is 23.6 Å². The first-order valence-corrected chi connectivity index (χ1v) is 9.33. The van der Waals surface area contributed by atoms with Crippen molar-refractivity contribution in [3.05, 3.63) is 88.2 Å². The first-order valence-electron chi connectivity index (χ1n) is 9.33. The SMILES string of the molecule is CCOC(=O)c1cnn(-c2ccc(F)cc2)c1NC(=O)c1cc2ccccc2oc1=O. The maximum atomic E-state index is 13.3. The third kappa shape index (κ3) is 3.93. The van der Waals surface area contributed by atoms with Crippen LogP contribution in [0, 0.1) is 5.82 Å². The summed E-state index contributed by atoms with van der Waals surface area (Å²) in [6, 6.07) is 13.4. The van der Waals surface area contributed by atoms with Gasteiger partial charge >= 0.3 is 11.6 Å². The Labute approximate surface area is 174 Å². The number of amides is 1. The Morgan fingerprint density at radius 3 is 2.61 bits per heavy atom. The van der Waals surface area contributed by atoms with Crippen LogP contribution < -0.4 is 10.9 Å². The topological polar surface area (TPSA) is 103 Å². The molecule has 0 aliphatic rings. The number of aromatic nitrogens is 2. The van der Waals surface area contributed by atoms with E-state index in [1.54, 1.807) is 31.2 Å². The van der Waals surface area contributed by atoms with Crippen molar-refractivity contribution >= 4 is 28.7 Å². The maximum Gasteiger partial charge on any atom is 0.349 e. The van der Waals surface area contributed by atoms with E-state index in [0.717, 1.165) is 0 Å². The molecule has 156 valence electrons. The molecular weight excluding hydrogens is 405 g/mol. The molecule has 1 N–H and O–H groups in total. The lowest BCUT2D eigenvalue weighted by atomic mass is 10.2. The zero-order valence-corrected chi connectivity index (χ0v) is 16.3. The van der Waals surface area contributed by atoms with Crippen molar-refractivity contribution in [2.24, 2.45) is 0 Å². The zero-order chi connectivity index (χ0) is 22.0. The molecule has 4 aromatic rings. The van der Waals surface area contributed by atoms with Crippen LogP contribution in [0.4, 0.5) is 10.2 Å². The van der Waals surface area contributed by atoms with E-state index >= 15 is 0 Å². The summed E-state index contributed by atoms with van der Waals surface area (Å²) in [5.74, 6) is -1.99. The lowest BCUT2D eigenvalue weighted by molar-refractivity contribution is 0.0527. The Balaban J connectivity index is 1.77. The molecule has 2 aromatic carbocycles. The first kappa shape index (κ1) is 20.0. The van der Waals surface area contributed by atoms with Gasteiger partial charge in [0.15, 0.2) is 5.82 Å². The molecule has 0 aliphatic heterocycles. The predicted octanol–water partition coefficient (Wildman–Crippen LogP) is 3.55. The Morgan fingerprint density at radius 2 is 1.87 bits per heavy atom. The number of ether oxygens (including phenoxy) is 1. The van der Waals surface area contributed by atoms with Crippen LogP contribution in [0.1, 0.15) is 27.6 Å². The summed E-state index contributed by atoms with van der Waals surface area (Å²) in [5, 5.41) is 7.22. The first-order chi connectivity index (χ1) is 15.0. The standard InChI is InChI=1S/C22H16FN3O5/c1-2-30-21(28)17-12-24-26(15-9-7-14(23)8-10-15)19(17)25-20(27)16-11-13-5-3-4-6-18(13)31-22(16)29/h3-12H,2H2,1H3,(H,25,27). The molecular formula is C22H16FN3O5. The van der Waals surface area contributed by atoms with Gasteiger partial charge in [-0.25, -0.2) is 18.7 Å². The number of para-hydroxylation sites is 1. The fourth-order valence-corrected chi connectivity index (χ4v) is 3.00. The number of halogens is 1. The highest BCUT2D eigenvalue weighted by Crippen LogP contribution is 2.23. The molecule has 0 atom stereocenters. The minimum absolute atomic E-state index is 0.0234. The van der Waals surface area contributed by atoms with Gasteiger partial charge < -0.3 is 14.5 Å². The molecule has 8 nitrogen and oxygen atoms in total. The van der Waals surface area contributed by atoms with E-state index in [0.29, 0.717) is 16.7 Å². The molecule has 0 unspecified atom stereocenters. The van der Waals surface area contributed by atoms with Crippen LogP contribution in [-0.4, -0.2) is 28.3 Å². The molecule has 0 spiro atoms. The Morgan fingerprint density at radius 1 is 1.13 bits per heavy atom. The van der Waals surface area contributed by atoms with Crippen molar-refractivity contribution < 1.29 is 23.1 Å². The number of hydrogen-bond acceptors (Lipinski definition) is 6. The second-order valence-corrected chi connectivity index (χ2v) is 6.46. The minimum atomic E-state index is -0.832. The van der Waals surface area contributed by atoms with Gasteiger partial charge in [0.25, 0.3) is 5.91 Å². The smallest absolute Gasteiger partial charge is 0.349 e. The summed E-state index contributed by atoms with van der Waals surface area (Å²) in [6.45, 7) is 1.75. The number of carbonyl (C=O) groups excluding carboxylic acids is 2. The molecule has 0 radical (unpaired) electrons. The Kier molecular flexibility index (Phi) is 5.31. The van der Waals surface area contributed by atoms with Crippen LogP contribution in [-0.2, 0) is 4.74 Å². The van der Waals surface area contributed by atoms with Gasteiger partial charge in [-0.2, -0.15) is 5.10 Å². The normalized spacial score (nSPS) is 10.8. The van der Waals surface area contributed by atoms with Gasteiger partial charge in [-0.15, -0.1) is 0 Å². The van der Waals surface area contributed by atoms with Crippen molar-refractivity contribution in [3.63, 3.8) is 0 Å². The number of rotatable bonds is 5. The molecule has 0 saturated carbocycles. The highest BCUT2D eigenvalue weighted by molar-refractivity contribution is 6.08. The summed E-state index contributed by atoms with van der Waals surface area (Å²) in [4.78, 5) is 37.6. The quantitative estimate of drug-likeness (QED) is 0.391. The molecule has 2 heterocycles. The third-order valence-electron chi connectivity index (χ3n) is 4.45. The Bertz CT molecular complexity index is 1340. The molecule has 0 fully saturated rings. The molecule has 2 aromatic heterocycles. The highest BCUT2D eigenvalue weighted by atomic mass is 19.1. The van der Waals surface area contributed by atoms with Gasteiger partial charge in [-0.1, -0.05) is 18.2 Å². The predicted molar refractivity (Wildman–Crippen MR) is 110 cm³/mol. The highest BCUT2D eigenvalue weighted by Gasteiger charge is 2.23. The molecule has 1 amide bonds. The van der Waals surface area contributed by atoms with Crippen molar-refractivity contribution in [2.45, 2.75) is 6.92 Å². The van der Waals surface area contributed by atoms with Crippen LogP contribution >= 0.6 is 0 Å². The molecule has 0 saturated heterocycles. The Hall–Kier alpha value is -4.27.